The fourth-order valence-corrected chi connectivity index (χ4v) is 4.78. The third-order valence-corrected chi connectivity index (χ3v) is 6.15. The van der Waals surface area contributed by atoms with Gasteiger partial charge in [0.2, 0.25) is 20.0 Å². The average molecular weight is 454 g/mol. The Hall–Kier alpha value is -2.79. The first-order valence-corrected chi connectivity index (χ1v) is 12.6. The highest BCUT2D eigenvalue weighted by molar-refractivity contribution is 7.92. The Balaban J connectivity index is 1.99. The summed E-state index contributed by atoms with van der Waals surface area (Å²) in [5.74, 6) is 0.941. The van der Waals surface area contributed by atoms with Gasteiger partial charge in [-0.2, -0.15) is 9.52 Å². The Morgan fingerprint density at radius 1 is 1.00 bits per heavy atom. The summed E-state index contributed by atoms with van der Waals surface area (Å²) >= 11 is 0. The number of benzene rings is 2. The number of hydrogen-bond acceptors (Lipinski definition) is 7. The number of nitrogens with zero attached hydrogens (tertiary/aromatic N) is 2. The minimum Gasteiger partial charge on any atom is -0.493 e. The van der Waals surface area contributed by atoms with Crippen molar-refractivity contribution in [1.29, 1.82) is 0 Å². The summed E-state index contributed by atoms with van der Waals surface area (Å²) in [7, 11) is -4.04. The molecule has 0 saturated heterocycles. The number of hydrazone groups is 1. The topological polar surface area (TPSA) is 114 Å². The summed E-state index contributed by atoms with van der Waals surface area (Å²) in [6.45, 7) is 0. The molecular weight excluding hydrogens is 430 g/mol. The highest BCUT2D eigenvalue weighted by atomic mass is 32.2. The number of methoxy groups -OCH3 is 2. The maximum Gasteiger partial charge on any atom is 0.247 e. The molecule has 1 aliphatic rings. The van der Waals surface area contributed by atoms with Gasteiger partial charge in [-0.25, -0.2) is 16.8 Å². The van der Waals surface area contributed by atoms with Crippen molar-refractivity contribution in [2.75, 3.05) is 31.5 Å². The smallest absolute Gasteiger partial charge is 0.247 e. The standard InChI is InChI=1S/C19H23N3O6S2/c1-27-18-7-5-6-15(19(18)28-2)17-12-16(20-22(17)30(4,25)26)13-8-10-14(11-9-13)21-29(3,23)24/h5-11,17,21H,12H2,1-4H3/t17-/m1/s1. The Kier molecular flexibility index (Phi) is 5.95. The lowest BCUT2D eigenvalue weighted by Gasteiger charge is -2.23. The van der Waals surface area contributed by atoms with E-state index in [0.717, 1.165) is 16.9 Å². The maximum atomic E-state index is 12.4. The second-order valence-electron chi connectivity index (χ2n) is 6.84. The van der Waals surface area contributed by atoms with E-state index < -0.39 is 26.1 Å². The van der Waals surface area contributed by atoms with Crippen molar-refractivity contribution in [3.05, 3.63) is 53.6 Å². The Morgan fingerprint density at radius 2 is 1.67 bits per heavy atom. The van der Waals surface area contributed by atoms with E-state index in [-0.39, 0.29) is 0 Å². The van der Waals surface area contributed by atoms with E-state index in [1.807, 2.05) is 0 Å². The molecule has 1 heterocycles. The van der Waals surface area contributed by atoms with Crippen LogP contribution in [0.4, 0.5) is 5.69 Å². The van der Waals surface area contributed by atoms with Crippen LogP contribution in [0.5, 0.6) is 11.5 Å². The molecule has 30 heavy (non-hydrogen) atoms. The van der Waals surface area contributed by atoms with E-state index in [1.54, 1.807) is 42.5 Å². The summed E-state index contributed by atoms with van der Waals surface area (Å²) < 4.78 is 61.9. The molecule has 0 bridgehead atoms. The first-order valence-electron chi connectivity index (χ1n) is 8.89. The van der Waals surface area contributed by atoms with Crippen molar-refractivity contribution < 1.29 is 26.3 Å². The van der Waals surface area contributed by atoms with Crippen LogP contribution in [-0.4, -0.2) is 53.7 Å². The van der Waals surface area contributed by atoms with E-state index in [2.05, 4.69) is 9.82 Å². The van der Waals surface area contributed by atoms with Crippen LogP contribution in [0.2, 0.25) is 0 Å². The molecule has 0 radical (unpaired) electrons. The summed E-state index contributed by atoms with van der Waals surface area (Å²) in [5, 5.41) is 4.35. The molecule has 0 saturated carbocycles. The van der Waals surface area contributed by atoms with E-state index in [0.29, 0.717) is 40.4 Å². The molecule has 2 aromatic carbocycles. The number of anilines is 1. The van der Waals surface area contributed by atoms with Gasteiger partial charge in [0.15, 0.2) is 11.5 Å². The van der Waals surface area contributed by atoms with Crippen molar-refractivity contribution in [3.63, 3.8) is 0 Å². The summed E-state index contributed by atoms with van der Waals surface area (Å²) in [4.78, 5) is 0. The third kappa shape index (κ3) is 4.68. The molecule has 1 atom stereocenters. The van der Waals surface area contributed by atoms with E-state index in [4.69, 9.17) is 9.47 Å². The van der Waals surface area contributed by atoms with Crippen LogP contribution in [0.15, 0.2) is 47.6 Å². The molecular formula is C19H23N3O6S2. The lowest BCUT2D eigenvalue weighted by atomic mass is 9.98. The Bertz CT molecular complexity index is 1180. The van der Waals surface area contributed by atoms with Gasteiger partial charge < -0.3 is 9.47 Å². The first kappa shape index (κ1) is 21.9. The first-order chi connectivity index (χ1) is 14.0. The molecule has 9 nitrogen and oxygen atoms in total. The number of sulfonamides is 2. The van der Waals surface area contributed by atoms with Crippen molar-refractivity contribution >= 4 is 31.4 Å². The van der Waals surface area contributed by atoms with E-state index in [9.17, 15) is 16.8 Å². The lowest BCUT2D eigenvalue weighted by molar-refractivity contribution is 0.329. The van der Waals surface area contributed by atoms with Gasteiger partial charge in [-0.15, -0.1) is 0 Å². The van der Waals surface area contributed by atoms with Crippen molar-refractivity contribution in [3.8, 4) is 11.5 Å². The quantitative estimate of drug-likeness (QED) is 0.687. The molecule has 0 aromatic heterocycles. The fraction of sp³-hybridized carbons (Fsp3) is 0.316. The Morgan fingerprint density at radius 3 is 2.20 bits per heavy atom. The molecule has 0 spiro atoms. The minimum atomic E-state index is -3.66. The van der Waals surface area contributed by atoms with Crippen molar-refractivity contribution in [1.82, 2.24) is 4.41 Å². The molecule has 1 N–H and O–H groups in total. The van der Waals surface area contributed by atoms with E-state index in [1.165, 1.54) is 14.2 Å². The van der Waals surface area contributed by atoms with Gasteiger partial charge in [-0.05, 0) is 23.8 Å². The van der Waals surface area contributed by atoms with Gasteiger partial charge in [0.1, 0.15) is 0 Å². The largest absolute Gasteiger partial charge is 0.493 e. The van der Waals surface area contributed by atoms with Crippen molar-refractivity contribution in [2.45, 2.75) is 12.5 Å². The predicted octanol–water partition coefficient (Wildman–Crippen LogP) is 2.19. The highest BCUT2D eigenvalue weighted by Crippen LogP contribution is 2.42. The molecule has 11 heteroatoms. The second-order valence-corrected chi connectivity index (χ2v) is 10.4. The molecule has 162 valence electrons. The molecule has 3 rings (SSSR count). The van der Waals surface area contributed by atoms with Crippen LogP contribution in [0.3, 0.4) is 0 Å². The predicted molar refractivity (Wildman–Crippen MR) is 115 cm³/mol. The van der Waals surface area contributed by atoms with Crippen LogP contribution in [-0.2, 0) is 20.0 Å². The van der Waals surface area contributed by atoms with Gasteiger partial charge in [0.05, 0.1) is 38.5 Å². The average Bonchev–Trinajstić information content (AvgIpc) is 3.12. The molecule has 0 unspecified atom stereocenters. The molecule has 0 aliphatic carbocycles. The van der Waals surface area contributed by atoms with Crippen molar-refractivity contribution in [2.24, 2.45) is 5.10 Å². The Labute approximate surface area is 176 Å². The normalized spacial score (nSPS) is 16.9. The zero-order chi connectivity index (χ0) is 22.1. The van der Waals surface area contributed by atoms with Crippen LogP contribution in [0, 0.1) is 0 Å². The van der Waals surface area contributed by atoms with E-state index >= 15 is 0 Å². The maximum absolute atomic E-state index is 12.4. The molecule has 2 aromatic rings. The van der Waals surface area contributed by atoms with Gasteiger partial charge >= 0.3 is 0 Å². The van der Waals surface area contributed by atoms with Crippen LogP contribution < -0.4 is 14.2 Å². The third-order valence-electron chi connectivity index (χ3n) is 4.53. The summed E-state index contributed by atoms with van der Waals surface area (Å²) in [6, 6.07) is 11.3. The van der Waals surface area contributed by atoms with Crippen LogP contribution in [0.1, 0.15) is 23.6 Å². The van der Waals surface area contributed by atoms with Crippen LogP contribution >= 0.6 is 0 Å². The fourth-order valence-electron chi connectivity index (χ4n) is 3.32. The zero-order valence-electron chi connectivity index (χ0n) is 17.0. The molecule has 1 aliphatic heterocycles. The van der Waals surface area contributed by atoms with Gasteiger partial charge in [0.25, 0.3) is 0 Å². The summed E-state index contributed by atoms with van der Waals surface area (Å²) in [5.41, 5.74) is 2.29. The second kappa shape index (κ2) is 8.15. The highest BCUT2D eigenvalue weighted by Gasteiger charge is 2.36. The SMILES string of the molecule is COc1cccc([C@H]2CC(c3ccc(NS(C)(=O)=O)cc3)=NN2S(C)(=O)=O)c1OC. The molecule has 0 amide bonds. The number of nitrogens with one attached hydrogen (secondary N) is 1. The number of hydrogen-bond donors (Lipinski definition) is 1. The minimum absolute atomic E-state index is 0.315. The number of rotatable bonds is 7. The van der Waals surface area contributed by atoms with Gasteiger partial charge in [-0.1, -0.05) is 24.3 Å². The monoisotopic (exact) mass is 453 g/mol. The lowest BCUT2D eigenvalue weighted by Crippen LogP contribution is -2.26. The molecule has 0 fully saturated rings. The van der Waals surface area contributed by atoms with Gasteiger partial charge in [-0.3, -0.25) is 4.72 Å². The number of para-hydroxylation sites is 1. The zero-order valence-corrected chi connectivity index (χ0v) is 18.6. The van der Waals surface area contributed by atoms with Gasteiger partial charge in [0, 0.05) is 17.7 Å². The summed E-state index contributed by atoms with van der Waals surface area (Å²) in [6.07, 6.45) is 2.48. The van der Waals surface area contributed by atoms with Crippen LogP contribution in [0.25, 0.3) is 0 Å². The number of ether oxygens (including phenoxy) is 2.